The Bertz CT molecular complexity index is 1740. The highest BCUT2D eigenvalue weighted by Crippen LogP contribution is 2.34. The van der Waals surface area contributed by atoms with Crippen molar-refractivity contribution in [2.45, 2.75) is 39.1 Å². The molecule has 12 nitrogen and oxygen atoms in total. The summed E-state index contributed by atoms with van der Waals surface area (Å²) >= 11 is 0. The fourth-order valence-electron chi connectivity index (χ4n) is 6.38. The Labute approximate surface area is 292 Å². The SMILES string of the molecule is COc1cc(C(=O)Nc2cccc(-c3cccc(NC(=O)c4cc(OC)c(CN5CC(OC)C5)cn4)c3C)c2C)ncc1CN1CC(OC)C1. The Morgan fingerprint density at radius 1 is 0.680 bits per heavy atom. The maximum Gasteiger partial charge on any atom is 0.274 e. The Hall–Kier alpha value is -4.88. The number of nitrogens with zero attached hydrogens (tertiary/aromatic N) is 4. The van der Waals surface area contributed by atoms with Crippen molar-refractivity contribution in [2.75, 3.05) is 65.3 Å². The van der Waals surface area contributed by atoms with Gasteiger partial charge in [-0.05, 0) is 48.2 Å². The third kappa shape index (κ3) is 7.48. The summed E-state index contributed by atoms with van der Waals surface area (Å²) in [6.45, 7) is 8.66. The van der Waals surface area contributed by atoms with Crippen LogP contribution in [-0.4, -0.2) is 98.4 Å². The number of benzene rings is 2. The number of hydrogen-bond acceptors (Lipinski definition) is 10. The molecule has 2 fully saturated rings. The van der Waals surface area contributed by atoms with Crippen molar-refractivity contribution in [2.24, 2.45) is 0 Å². The first kappa shape index (κ1) is 35.0. The van der Waals surface area contributed by atoms with Crippen LogP contribution >= 0.6 is 0 Å². The van der Waals surface area contributed by atoms with E-state index in [9.17, 15) is 9.59 Å². The van der Waals surface area contributed by atoms with Crippen LogP contribution in [0.15, 0.2) is 60.9 Å². The lowest BCUT2D eigenvalue weighted by Gasteiger charge is -2.38. The summed E-state index contributed by atoms with van der Waals surface area (Å²) in [5, 5.41) is 6.06. The summed E-state index contributed by atoms with van der Waals surface area (Å²) in [6, 6.07) is 14.9. The molecular weight excluding hydrogens is 636 g/mol. The van der Waals surface area contributed by atoms with E-state index in [-0.39, 0.29) is 35.4 Å². The molecule has 2 N–H and O–H groups in total. The second-order valence-corrected chi connectivity index (χ2v) is 12.7. The predicted molar refractivity (Wildman–Crippen MR) is 191 cm³/mol. The third-order valence-corrected chi connectivity index (χ3v) is 9.55. The van der Waals surface area contributed by atoms with Crippen LogP contribution in [0.1, 0.15) is 43.2 Å². The molecule has 0 bridgehead atoms. The molecule has 0 aliphatic carbocycles. The van der Waals surface area contributed by atoms with Gasteiger partial charge in [0.05, 0.1) is 26.4 Å². The summed E-state index contributed by atoms with van der Waals surface area (Å²) in [5.74, 6) is 0.550. The molecule has 0 spiro atoms. The first-order chi connectivity index (χ1) is 24.2. The first-order valence-electron chi connectivity index (χ1n) is 16.6. The molecule has 2 aliphatic heterocycles. The molecule has 2 amide bonds. The van der Waals surface area contributed by atoms with Crippen LogP contribution in [0.3, 0.4) is 0 Å². The van der Waals surface area contributed by atoms with Gasteiger partial charge in [0.2, 0.25) is 0 Å². The van der Waals surface area contributed by atoms with Gasteiger partial charge in [-0.1, -0.05) is 24.3 Å². The van der Waals surface area contributed by atoms with E-state index in [0.29, 0.717) is 36.0 Å². The second kappa shape index (κ2) is 15.3. The van der Waals surface area contributed by atoms with E-state index in [2.05, 4.69) is 30.4 Å². The number of carbonyl (C=O) groups is 2. The fraction of sp³-hybridized carbons (Fsp3) is 0.368. The normalized spacial score (nSPS) is 15.2. The van der Waals surface area contributed by atoms with E-state index in [1.807, 2.05) is 50.2 Å². The highest BCUT2D eigenvalue weighted by Gasteiger charge is 2.28. The quantitative estimate of drug-likeness (QED) is 0.201. The van der Waals surface area contributed by atoms with Crippen molar-refractivity contribution >= 4 is 23.2 Å². The van der Waals surface area contributed by atoms with Gasteiger partial charge >= 0.3 is 0 Å². The van der Waals surface area contributed by atoms with Gasteiger partial charge in [-0.2, -0.15) is 0 Å². The zero-order chi connectivity index (χ0) is 35.4. The lowest BCUT2D eigenvalue weighted by Crippen LogP contribution is -2.50. The smallest absolute Gasteiger partial charge is 0.274 e. The van der Waals surface area contributed by atoms with Crippen LogP contribution in [-0.2, 0) is 22.6 Å². The molecular formula is C38H44N6O6. The second-order valence-electron chi connectivity index (χ2n) is 12.7. The number of amides is 2. The van der Waals surface area contributed by atoms with E-state index in [0.717, 1.165) is 59.6 Å². The number of hydrogen-bond donors (Lipinski definition) is 2. The standard InChI is InChI=1S/C38H44N6O6/c1-23-29(9-7-11-31(23)41-37(45)33-13-35(49-5)25(15-39-33)17-43-19-27(20-43)47-3)30-10-8-12-32(24(30)2)42-38(46)34-14-36(50-6)26(16-40-34)18-44-21-28(22-44)48-4/h7-16,27-28H,17-22H2,1-6H3,(H,41,45)(H,42,46). The molecule has 2 aromatic carbocycles. The summed E-state index contributed by atoms with van der Waals surface area (Å²) in [7, 11) is 6.63. The third-order valence-electron chi connectivity index (χ3n) is 9.55. The minimum Gasteiger partial charge on any atom is -0.496 e. The van der Waals surface area contributed by atoms with Gasteiger partial charge in [-0.25, -0.2) is 0 Å². The average molecular weight is 681 g/mol. The Morgan fingerprint density at radius 3 is 1.44 bits per heavy atom. The molecule has 2 aromatic heterocycles. The molecule has 0 radical (unpaired) electrons. The maximum absolute atomic E-state index is 13.4. The summed E-state index contributed by atoms with van der Waals surface area (Å²) in [4.78, 5) is 40.1. The number of aromatic nitrogens is 2. The highest BCUT2D eigenvalue weighted by molar-refractivity contribution is 6.05. The lowest BCUT2D eigenvalue weighted by atomic mass is 9.94. The number of methoxy groups -OCH3 is 4. The minimum absolute atomic E-state index is 0.249. The van der Waals surface area contributed by atoms with Gasteiger partial charge < -0.3 is 29.6 Å². The summed E-state index contributed by atoms with van der Waals surface area (Å²) < 4.78 is 22.0. The van der Waals surface area contributed by atoms with Gasteiger partial charge in [0, 0.05) is 101 Å². The first-order valence-corrected chi connectivity index (χ1v) is 16.6. The van der Waals surface area contributed by atoms with Gasteiger partial charge in [0.25, 0.3) is 11.8 Å². The molecule has 50 heavy (non-hydrogen) atoms. The number of rotatable bonds is 13. The summed E-state index contributed by atoms with van der Waals surface area (Å²) in [6.07, 6.45) is 3.90. The molecule has 4 aromatic rings. The number of likely N-dealkylation sites (tertiary alicyclic amines) is 2. The summed E-state index contributed by atoms with van der Waals surface area (Å²) in [5.41, 5.74) is 7.25. The van der Waals surface area contributed by atoms with E-state index < -0.39 is 0 Å². The van der Waals surface area contributed by atoms with Crippen LogP contribution in [0, 0.1) is 13.8 Å². The van der Waals surface area contributed by atoms with Gasteiger partial charge in [-0.15, -0.1) is 0 Å². The van der Waals surface area contributed by atoms with Gasteiger partial charge in [-0.3, -0.25) is 29.4 Å². The number of ether oxygens (including phenoxy) is 4. The van der Waals surface area contributed by atoms with Crippen LogP contribution < -0.4 is 20.1 Å². The number of nitrogens with one attached hydrogen (secondary N) is 2. The molecule has 6 rings (SSSR count). The van der Waals surface area contributed by atoms with Gasteiger partial charge in [0.15, 0.2) is 0 Å². The topological polar surface area (TPSA) is 127 Å². The Balaban J connectivity index is 1.15. The van der Waals surface area contributed by atoms with Crippen molar-refractivity contribution in [3.8, 4) is 22.6 Å². The number of pyridine rings is 2. The minimum atomic E-state index is -0.339. The molecule has 12 heteroatoms. The molecule has 4 heterocycles. The van der Waals surface area contributed by atoms with Crippen LogP contribution in [0.4, 0.5) is 11.4 Å². The van der Waals surface area contributed by atoms with E-state index in [1.54, 1.807) is 53.0 Å². The van der Waals surface area contributed by atoms with E-state index in [1.165, 1.54) is 0 Å². The van der Waals surface area contributed by atoms with Crippen LogP contribution in [0.5, 0.6) is 11.5 Å². The maximum atomic E-state index is 13.4. The highest BCUT2D eigenvalue weighted by atomic mass is 16.5. The van der Waals surface area contributed by atoms with E-state index >= 15 is 0 Å². The van der Waals surface area contributed by atoms with Crippen molar-refractivity contribution in [1.29, 1.82) is 0 Å². The fourth-order valence-corrected chi connectivity index (χ4v) is 6.38. The van der Waals surface area contributed by atoms with Crippen molar-refractivity contribution in [3.63, 3.8) is 0 Å². The van der Waals surface area contributed by atoms with Crippen molar-refractivity contribution in [3.05, 3.63) is 94.6 Å². The van der Waals surface area contributed by atoms with Gasteiger partial charge in [0.1, 0.15) is 22.9 Å². The zero-order valence-corrected chi connectivity index (χ0v) is 29.4. The zero-order valence-electron chi connectivity index (χ0n) is 29.4. The van der Waals surface area contributed by atoms with Crippen LogP contribution in [0.2, 0.25) is 0 Å². The van der Waals surface area contributed by atoms with Crippen LogP contribution in [0.25, 0.3) is 11.1 Å². The number of anilines is 2. The molecule has 262 valence electrons. The van der Waals surface area contributed by atoms with Crippen molar-refractivity contribution in [1.82, 2.24) is 19.8 Å². The molecule has 0 atom stereocenters. The Kier molecular flexibility index (Phi) is 10.7. The monoisotopic (exact) mass is 680 g/mol. The average Bonchev–Trinajstić information content (AvgIpc) is 3.09. The molecule has 2 aliphatic rings. The van der Waals surface area contributed by atoms with Crippen molar-refractivity contribution < 1.29 is 28.5 Å². The predicted octanol–water partition coefficient (Wildman–Crippen LogP) is 4.94. The number of carbonyl (C=O) groups excluding carboxylic acids is 2. The van der Waals surface area contributed by atoms with E-state index in [4.69, 9.17) is 18.9 Å². The Morgan fingerprint density at radius 2 is 1.08 bits per heavy atom. The molecule has 2 saturated heterocycles. The largest absolute Gasteiger partial charge is 0.496 e. The molecule has 0 unspecified atom stereocenters. The molecule has 0 saturated carbocycles. The lowest BCUT2D eigenvalue weighted by molar-refractivity contribution is -0.0337.